The van der Waals surface area contributed by atoms with Crippen LogP contribution < -0.4 is 5.73 Å². The number of nitrogens with two attached hydrogens (primary N) is 1. The molecule has 0 saturated heterocycles. The van der Waals surface area contributed by atoms with E-state index in [-0.39, 0.29) is 6.61 Å². The van der Waals surface area contributed by atoms with Crippen LogP contribution in [0.15, 0.2) is 48.5 Å². The Balaban J connectivity index is 2.16. The van der Waals surface area contributed by atoms with E-state index in [1.165, 1.54) is 0 Å². The molecule has 0 saturated carbocycles. The van der Waals surface area contributed by atoms with E-state index >= 15 is 0 Å². The summed E-state index contributed by atoms with van der Waals surface area (Å²) in [4.78, 5) is 0. The second kappa shape index (κ2) is 5.32. The molecule has 0 atom stereocenters. The monoisotopic (exact) mass is 225 g/mol. The summed E-state index contributed by atoms with van der Waals surface area (Å²) in [6, 6.07) is 15.5. The highest BCUT2D eigenvalue weighted by Gasteiger charge is 1.91. The van der Waals surface area contributed by atoms with Crippen LogP contribution in [0.5, 0.6) is 0 Å². The summed E-state index contributed by atoms with van der Waals surface area (Å²) in [5.74, 6) is 0. The number of aliphatic hydroxyl groups is 1. The quantitative estimate of drug-likeness (QED) is 0.623. The third-order valence-electron chi connectivity index (χ3n) is 2.54. The van der Waals surface area contributed by atoms with Crippen LogP contribution in [-0.4, -0.2) is 5.11 Å². The van der Waals surface area contributed by atoms with Crippen LogP contribution in [0.4, 0.5) is 5.69 Å². The maximum absolute atomic E-state index is 9.04. The number of hydrogen-bond acceptors (Lipinski definition) is 2. The fourth-order valence-corrected chi connectivity index (χ4v) is 1.59. The molecule has 0 bridgehead atoms. The first-order chi connectivity index (χ1) is 8.28. The lowest BCUT2D eigenvalue weighted by atomic mass is 10.1. The van der Waals surface area contributed by atoms with Crippen LogP contribution in [0.3, 0.4) is 0 Å². The van der Waals surface area contributed by atoms with Crippen LogP contribution in [0, 0.1) is 0 Å². The van der Waals surface area contributed by atoms with Crippen molar-refractivity contribution in [3.8, 4) is 0 Å². The highest BCUT2D eigenvalue weighted by Crippen LogP contribution is 2.12. The van der Waals surface area contributed by atoms with Gasteiger partial charge in [-0.1, -0.05) is 42.5 Å². The van der Waals surface area contributed by atoms with Crippen molar-refractivity contribution in [2.75, 3.05) is 5.73 Å². The second-order valence-corrected chi connectivity index (χ2v) is 3.90. The highest BCUT2D eigenvalue weighted by atomic mass is 16.3. The molecular weight excluding hydrogens is 210 g/mol. The molecule has 2 nitrogen and oxygen atoms in total. The molecule has 0 unspecified atom stereocenters. The van der Waals surface area contributed by atoms with Crippen molar-refractivity contribution in [3.63, 3.8) is 0 Å². The van der Waals surface area contributed by atoms with Gasteiger partial charge in [-0.3, -0.25) is 0 Å². The minimum Gasteiger partial charge on any atom is -0.399 e. The lowest BCUT2D eigenvalue weighted by Crippen LogP contribution is -1.83. The summed E-state index contributed by atoms with van der Waals surface area (Å²) in [5, 5.41) is 9.04. The minimum atomic E-state index is 0.0730. The summed E-state index contributed by atoms with van der Waals surface area (Å²) in [6.07, 6.45) is 4.04. The summed E-state index contributed by atoms with van der Waals surface area (Å²) in [7, 11) is 0. The van der Waals surface area contributed by atoms with Crippen molar-refractivity contribution < 1.29 is 5.11 Å². The summed E-state index contributed by atoms with van der Waals surface area (Å²) >= 11 is 0. The SMILES string of the molecule is Nc1ccc(C=Cc2cccc(CO)c2)cc1. The predicted molar refractivity (Wildman–Crippen MR) is 72.1 cm³/mol. The van der Waals surface area contributed by atoms with E-state index in [0.29, 0.717) is 0 Å². The number of rotatable bonds is 3. The zero-order valence-corrected chi connectivity index (χ0v) is 9.51. The first kappa shape index (κ1) is 11.4. The molecule has 0 aliphatic carbocycles. The average Bonchev–Trinajstić information content (AvgIpc) is 2.38. The van der Waals surface area contributed by atoms with Gasteiger partial charge < -0.3 is 10.8 Å². The van der Waals surface area contributed by atoms with E-state index in [4.69, 9.17) is 10.8 Å². The van der Waals surface area contributed by atoms with Gasteiger partial charge in [0, 0.05) is 5.69 Å². The van der Waals surface area contributed by atoms with Crippen molar-refractivity contribution in [3.05, 3.63) is 65.2 Å². The van der Waals surface area contributed by atoms with E-state index in [9.17, 15) is 0 Å². The molecule has 0 radical (unpaired) electrons. The fourth-order valence-electron chi connectivity index (χ4n) is 1.59. The molecule has 2 heteroatoms. The molecule has 0 heterocycles. The number of aliphatic hydroxyl groups excluding tert-OH is 1. The molecule has 0 spiro atoms. The first-order valence-corrected chi connectivity index (χ1v) is 5.51. The number of anilines is 1. The molecule has 2 aromatic rings. The molecule has 0 aliphatic rings. The Morgan fingerprint density at radius 1 is 0.941 bits per heavy atom. The van der Waals surface area contributed by atoms with Crippen LogP contribution >= 0.6 is 0 Å². The molecule has 0 fully saturated rings. The van der Waals surface area contributed by atoms with Crippen LogP contribution in [0.25, 0.3) is 12.2 Å². The predicted octanol–water partition coefficient (Wildman–Crippen LogP) is 2.93. The number of benzene rings is 2. The molecular formula is C15H15NO. The molecule has 0 aliphatic heterocycles. The van der Waals surface area contributed by atoms with E-state index in [1.54, 1.807) is 0 Å². The van der Waals surface area contributed by atoms with E-state index < -0.39 is 0 Å². The summed E-state index contributed by atoms with van der Waals surface area (Å²) in [6.45, 7) is 0.0730. The Hall–Kier alpha value is -2.06. The van der Waals surface area contributed by atoms with E-state index in [0.717, 1.165) is 22.4 Å². The molecule has 17 heavy (non-hydrogen) atoms. The van der Waals surface area contributed by atoms with Crippen LogP contribution in [0.1, 0.15) is 16.7 Å². The standard InChI is InChI=1S/C15H15NO/c16-15-8-6-12(7-9-15)4-5-13-2-1-3-14(10-13)11-17/h1-10,17H,11,16H2. The zero-order valence-electron chi connectivity index (χ0n) is 9.51. The maximum Gasteiger partial charge on any atom is 0.0682 e. The Bertz CT molecular complexity index is 515. The second-order valence-electron chi connectivity index (χ2n) is 3.90. The topological polar surface area (TPSA) is 46.2 Å². The largest absolute Gasteiger partial charge is 0.399 e. The Kier molecular flexibility index (Phi) is 3.58. The van der Waals surface area contributed by atoms with Gasteiger partial charge in [-0.15, -0.1) is 0 Å². The van der Waals surface area contributed by atoms with Gasteiger partial charge in [0.05, 0.1) is 6.61 Å². The van der Waals surface area contributed by atoms with Crippen molar-refractivity contribution >= 4 is 17.8 Å². The lowest BCUT2D eigenvalue weighted by Gasteiger charge is -1.98. The Morgan fingerprint density at radius 2 is 1.65 bits per heavy atom. The van der Waals surface area contributed by atoms with Crippen molar-refractivity contribution in [1.82, 2.24) is 0 Å². The van der Waals surface area contributed by atoms with Crippen molar-refractivity contribution in [2.45, 2.75) is 6.61 Å². The van der Waals surface area contributed by atoms with Gasteiger partial charge >= 0.3 is 0 Å². The third kappa shape index (κ3) is 3.20. The molecule has 2 aromatic carbocycles. The summed E-state index contributed by atoms with van der Waals surface area (Å²) < 4.78 is 0. The van der Waals surface area contributed by atoms with Gasteiger partial charge in [-0.05, 0) is 34.9 Å². The fraction of sp³-hybridized carbons (Fsp3) is 0.0667. The number of nitrogen functional groups attached to an aromatic ring is 1. The average molecular weight is 225 g/mol. The molecule has 3 N–H and O–H groups in total. The van der Waals surface area contributed by atoms with Gasteiger partial charge in [0.1, 0.15) is 0 Å². The normalized spacial score (nSPS) is 10.9. The van der Waals surface area contributed by atoms with Gasteiger partial charge in [-0.25, -0.2) is 0 Å². The Labute approximate surface area is 101 Å². The van der Waals surface area contributed by atoms with Gasteiger partial charge in [-0.2, -0.15) is 0 Å². The molecule has 0 amide bonds. The first-order valence-electron chi connectivity index (χ1n) is 5.51. The summed E-state index contributed by atoms with van der Waals surface area (Å²) in [5.41, 5.74) is 9.49. The van der Waals surface area contributed by atoms with Gasteiger partial charge in [0.15, 0.2) is 0 Å². The zero-order chi connectivity index (χ0) is 12.1. The maximum atomic E-state index is 9.04. The smallest absolute Gasteiger partial charge is 0.0682 e. The molecule has 86 valence electrons. The van der Waals surface area contributed by atoms with E-state index in [1.807, 2.05) is 60.7 Å². The molecule has 0 aromatic heterocycles. The van der Waals surface area contributed by atoms with Crippen molar-refractivity contribution in [1.29, 1.82) is 0 Å². The number of hydrogen-bond donors (Lipinski definition) is 2. The van der Waals surface area contributed by atoms with Crippen LogP contribution in [-0.2, 0) is 6.61 Å². The highest BCUT2D eigenvalue weighted by molar-refractivity contribution is 5.70. The van der Waals surface area contributed by atoms with E-state index in [2.05, 4.69) is 0 Å². The molecule has 2 rings (SSSR count). The van der Waals surface area contributed by atoms with Crippen molar-refractivity contribution in [2.24, 2.45) is 0 Å². The Morgan fingerprint density at radius 3 is 2.35 bits per heavy atom. The van der Waals surface area contributed by atoms with Gasteiger partial charge in [0.25, 0.3) is 0 Å². The third-order valence-corrected chi connectivity index (χ3v) is 2.54. The van der Waals surface area contributed by atoms with Crippen LogP contribution in [0.2, 0.25) is 0 Å². The van der Waals surface area contributed by atoms with Gasteiger partial charge in [0.2, 0.25) is 0 Å². The minimum absolute atomic E-state index is 0.0730. The lowest BCUT2D eigenvalue weighted by molar-refractivity contribution is 0.282.